The van der Waals surface area contributed by atoms with Gasteiger partial charge in [0.05, 0.1) is 6.04 Å². The molecule has 2 unspecified atom stereocenters. The highest BCUT2D eigenvalue weighted by atomic mass is 35.5. The van der Waals surface area contributed by atoms with E-state index < -0.39 is 8.97 Å². The van der Waals surface area contributed by atoms with Crippen LogP contribution >= 0.6 is 12.4 Å². The topological polar surface area (TPSA) is 43.0 Å². The molecule has 24 heavy (non-hydrogen) atoms. The van der Waals surface area contributed by atoms with Crippen LogP contribution < -0.4 is 5.32 Å². The average molecular weight is 375 g/mol. The first kappa shape index (κ1) is 23.3. The van der Waals surface area contributed by atoms with Crippen LogP contribution in [-0.2, 0) is 13.3 Å². The number of nitrogens with zero attached hydrogens (tertiary/aromatic N) is 1. The quantitative estimate of drug-likeness (QED) is 0.476. The monoisotopic (exact) mass is 374 g/mol. The molecule has 5 nitrogen and oxygen atoms in total. The zero-order valence-corrected chi connectivity index (χ0v) is 17.1. The highest BCUT2D eigenvalue weighted by Gasteiger charge is 2.49. The second-order valence-electron chi connectivity index (χ2n) is 5.34. The summed E-state index contributed by atoms with van der Waals surface area (Å²) in [6, 6.07) is 10.4. The lowest BCUT2D eigenvalue weighted by atomic mass is 10.1. The highest BCUT2D eigenvalue weighted by molar-refractivity contribution is 6.57. The largest absolute Gasteiger partial charge is 0.599 e. The second kappa shape index (κ2) is 11.8. The number of hydrogen-bond donors (Lipinski definition) is 1. The summed E-state index contributed by atoms with van der Waals surface area (Å²) < 4.78 is 19.3. The van der Waals surface area contributed by atoms with Crippen molar-refractivity contribution in [3.05, 3.63) is 48.6 Å². The highest BCUT2D eigenvalue weighted by Crippen LogP contribution is 2.28. The van der Waals surface area contributed by atoms with E-state index >= 15 is 0 Å². The molecule has 0 spiro atoms. The maximum atomic E-state index is 5.73. The summed E-state index contributed by atoms with van der Waals surface area (Å²) in [6.45, 7) is 9.88. The van der Waals surface area contributed by atoms with Crippen molar-refractivity contribution in [3.63, 3.8) is 0 Å². The van der Waals surface area contributed by atoms with Gasteiger partial charge in [0.25, 0.3) is 0 Å². The van der Waals surface area contributed by atoms with E-state index in [0.29, 0.717) is 0 Å². The van der Waals surface area contributed by atoms with Gasteiger partial charge in [0.1, 0.15) is 0 Å². The maximum absolute atomic E-state index is 5.73. The molecule has 0 saturated carbocycles. The van der Waals surface area contributed by atoms with Crippen LogP contribution in [0.15, 0.2) is 43.0 Å². The normalized spacial score (nSPS) is 14.1. The fraction of sp³-hybridized carbons (Fsp3) is 0.529. The summed E-state index contributed by atoms with van der Waals surface area (Å²) in [5.41, 5.74) is 1.13. The van der Waals surface area contributed by atoms with Crippen molar-refractivity contribution in [1.29, 1.82) is 0 Å². The molecule has 1 aromatic carbocycles. The van der Waals surface area contributed by atoms with Crippen LogP contribution in [-0.4, -0.2) is 54.0 Å². The van der Waals surface area contributed by atoms with Gasteiger partial charge in [0.2, 0.25) is 0 Å². The van der Waals surface area contributed by atoms with E-state index in [4.69, 9.17) is 13.3 Å². The summed E-state index contributed by atoms with van der Waals surface area (Å²) in [5.74, 6) is 0. The number of rotatable bonds is 11. The molecule has 0 amide bonds. The van der Waals surface area contributed by atoms with Gasteiger partial charge in [-0.15, -0.1) is 19.0 Å². The van der Waals surface area contributed by atoms with Crippen molar-refractivity contribution in [3.8, 4) is 0 Å². The zero-order valence-electron chi connectivity index (χ0n) is 15.3. The van der Waals surface area contributed by atoms with Gasteiger partial charge in [-0.1, -0.05) is 43.3 Å². The molecule has 0 fully saturated rings. The molecule has 0 heterocycles. The van der Waals surface area contributed by atoms with Gasteiger partial charge < -0.3 is 18.6 Å². The lowest BCUT2D eigenvalue weighted by Gasteiger charge is -2.41. The van der Waals surface area contributed by atoms with Crippen molar-refractivity contribution in [2.24, 2.45) is 0 Å². The Morgan fingerprint density at radius 3 is 2.12 bits per heavy atom. The van der Waals surface area contributed by atoms with E-state index in [1.165, 1.54) is 0 Å². The lowest BCUT2D eigenvalue weighted by Crippen LogP contribution is -2.62. The van der Waals surface area contributed by atoms with E-state index in [2.05, 4.69) is 42.4 Å². The van der Waals surface area contributed by atoms with Crippen molar-refractivity contribution in [2.45, 2.75) is 25.9 Å². The predicted octanol–water partition coefficient (Wildman–Crippen LogP) is 3.01. The van der Waals surface area contributed by atoms with Crippen LogP contribution in [0.25, 0.3) is 0 Å². The molecule has 0 radical (unpaired) electrons. The Kier molecular flexibility index (Phi) is 11.4. The predicted molar refractivity (Wildman–Crippen MR) is 103 cm³/mol. The van der Waals surface area contributed by atoms with E-state index in [1.807, 2.05) is 24.3 Å². The van der Waals surface area contributed by atoms with Gasteiger partial charge >= 0.3 is 8.97 Å². The number of benzene rings is 1. The average Bonchev–Trinajstić information content (AvgIpc) is 2.58. The Hall–Kier alpha value is -0.733. The Labute approximate surface area is 153 Å². The van der Waals surface area contributed by atoms with Gasteiger partial charge in [0.15, 0.2) is 0 Å². The number of likely N-dealkylation sites (N-methyl/N-ethyl adjacent to an activating group) is 1. The standard InChI is InChI=1S/C17H30N2O3Si.ClH/c1-7-17(16-12-10-9-11-13-16)19(14-15(3)18-8-2)23(20-4,21-5)22-6;/h7,9-13,15,17-18H,1,8,14H2,2-6H3;1H. The van der Waals surface area contributed by atoms with Crippen molar-refractivity contribution >= 4 is 21.4 Å². The van der Waals surface area contributed by atoms with Crippen molar-refractivity contribution in [1.82, 2.24) is 9.88 Å². The summed E-state index contributed by atoms with van der Waals surface area (Å²) in [6.07, 6.45) is 1.91. The van der Waals surface area contributed by atoms with E-state index in [0.717, 1.165) is 18.7 Å². The van der Waals surface area contributed by atoms with Crippen LogP contribution in [0.2, 0.25) is 0 Å². The van der Waals surface area contributed by atoms with Crippen LogP contribution in [0.3, 0.4) is 0 Å². The van der Waals surface area contributed by atoms with E-state index in [9.17, 15) is 0 Å². The Bertz CT molecular complexity index is 452. The van der Waals surface area contributed by atoms with Gasteiger partial charge in [0, 0.05) is 33.9 Å². The molecule has 7 heteroatoms. The fourth-order valence-electron chi connectivity index (χ4n) is 2.80. The fourth-order valence-corrected chi connectivity index (χ4v) is 5.10. The minimum absolute atomic E-state index is 0. The Morgan fingerprint density at radius 2 is 1.71 bits per heavy atom. The van der Waals surface area contributed by atoms with Gasteiger partial charge in [-0.2, -0.15) is 0 Å². The third-order valence-corrected chi connectivity index (χ3v) is 6.56. The minimum atomic E-state index is -2.98. The van der Waals surface area contributed by atoms with E-state index in [-0.39, 0.29) is 24.5 Å². The number of hydrogen-bond acceptors (Lipinski definition) is 5. The molecular formula is C17H31ClN2O3Si. The molecular weight excluding hydrogens is 344 g/mol. The summed E-state index contributed by atoms with van der Waals surface area (Å²) in [7, 11) is 1.92. The van der Waals surface area contributed by atoms with Crippen LogP contribution in [0.5, 0.6) is 0 Å². The van der Waals surface area contributed by atoms with Gasteiger partial charge in [-0.3, -0.25) is 0 Å². The van der Waals surface area contributed by atoms with Gasteiger partial charge in [-0.25, -0.2) is 4.57 Å². The minimum Gasteiger partial charge on any atom is -0.364 e. The van der Waals surface area contributed by atoms with Crippen molar-refractivity contribution < 1.29 is 13.3 Å². The molecule has 0 aliphatic carbocycles. The maximum Gasteiger partial charge on any atom is 0.599 e. The van der Waals surface area contributed by atoms with Crippen LogP contribution in [0, 0.1) is 0 Å². The molecule has 1 N–H and O–H groups in total. The number of halogens is 1. The molecule has 1 rings (SSSR count). The summed E-state index contributed by atoms with van der Waals surface area (Å²) in [5, 5.41) is 3.43. The Morgan fingerprint density at radius 1 is 1.17 bits per heavy atom. The first-order valence-electron chi connectivity index (χ1n) is 7.91. The first-order valence-corrected chi connectivity index (χ1v) is 9.58. The van der Waals surface area contributed by atoms with Gasteiger partial charge in [-0.05, 0) is 19.0 Å². The van der Waals surface area contributed by atoms with Crippen LogP contribution in [0.4, 0.5) is 0 Å². The molecule has 0 aliphatic heterocycles. The third-order valence-electron chi connectivity index (χ3n) is 3.85. The number of nitrogens with one attached hydrogen (secondary N) is 1. The zero-order chi connectivity index (χ0) is 17.3. The van der Waals surface area contributed by atoms with E-state index in [1.54, 1.807) is 21.3 Å². The lowest BCUT2D eigenvalue weighted by molar-refractivity contribution is 0.0446. The molecule has 2 atom stereocenters. The summed E-state index contributed by atoms with van der Waals surface area (Å²) >= 11 is 0. The molecule has 0 aliphatic rings. The Balaban J connectivity index is 0.00000529. The SMILES string of the molecule is C=CC(c1ccccc1)N(CC(C)NCC)[Si](OC)(OC)OC.Cl. The molecule has 138 valence electrons. The first-order chi connectivity index (χ1) is 11.1. The third kappa shape index (κ3) is 5.67. The van der Waals surface area contributed by atoms with Crippen LogP contribution in [0.1, 0.15) is 25.5 Å². The van der Waals surface area contributed by atoms with Crippen molar-refractivity contribution in [2.75, 3.05) is 34.4 Å². The second-order valence-corrected chi connectivity index (χ2v) is 8.19. The molecule has 0 saturated heterocycles. The molecule has 0 bridgehead atoms. The molecule has 0 aromatic heterocycles. The summed E-state index contributed by atoms with van der Waals surface area (Å²) in [4.78, 5) is 0. The molecule has 1 aromatic rings. The smallest absolute Gasteiger partial charge is 0.364 e.